The Hall–Kier alpha value is -3.06. The second-order valence-corrected chi connectivity index (χ2v) is 7.31. The van der Waals surface area contributed by atoms with Gasteiger partial charge in [0.2, 0.25) is 5.91 Å². The predicted octanol–water partition coefficient (Wildman–Crippen LogP) is 4.24. The molecular formula is C21H26N2O5. The topological polar surface area (TPSA) is 96.9 Å². The van der Waals surface area contributed by atoms with E-state index in [1.165, 1.54) is 7.11 Å². The van der Waals surface area contributed by atoms with Crippen LogP contribution in [0.2, 0.25) is 0 Å². The van der Waals surface area contributed by atoms with Crippen LogP contribution in [0.1, 0.15) is 31.9 Å². The molecule has 0 aliphatic carbocycles. The number of hydrogen-bond acceptors (Lipinski definition) is 4. The molecule has 0 radical (unpaired) electrons. The average Bonchev–Trinajstić information content (AvgIpc) is 2.61. The van der Waals surface area contributed by atoms with Crippen molar-refractivity contribution in [1.29, 1.82) is 0 Å². The summed E-state index contributed by atoms with van der Waals surface area (Å²) in [6.07, 6.45) is -1.21. The number of ether oxygens (including phenoxy) is 2. The molecule has 2 aromatic rings. The predicted molar refractivity (Wildman–Crippen MR) is 108 cm³/mol. The minimum atomic E-state index is -1.21. The molecule has 3 N–H and O–H groups in total. The van der Waals surface area contributed by atoms with Crippen LogP contribution in [0.15, 0.2) is 42.5 Å². The fourth-order valence-corrected chi connectivity index (χ4v) is 2.60. The van der Waals surface area contributed by atoms with Gasteiger partial charge in [-0.25, -0.2) is 4.79 Å². The number of benzene rings is 2. The number of hydrogen-bond donors (Lipinski definition) is 3. The third-order valence-corrected chi connectivity index (χ3v) is 4.02. The molecule has 0 bridgehead atoms. The lowest BCUT2D eigenvalue weighted by atomic mass is 9.86. The maximum atomic E-state index is 12.3. The van der Waals surface area contributed by atoms with Gasteiger partial charge >= 0.3 is 6.09 Å². The van der Waals surface area contributed by atoms with Crippen LogP contribution in [0.4, 0.5) is 16.2 Å². The van der Waals surface area contributed by atoms with E-state index >= 15 is 0 Å². The van der Waals surface area contributed by atoms with Crippen molar-refractivity contribution in [3.63, 3.8) is 0 Å². The Kier molecular flexibility index (Phi) is 7.00. The van der Waals surface area contributed by atoms with Gasteiger partial charge in [0.25, 0.3) is 0 Å². The summed E-state index contributed by atoms with van der Waals surface area (Å²) in [6, 6.07) is 13.0. The Morgan fingerprint density at radius 2 is 1.64 bits per heavy atom. The lowest BCUT2D eigenvalue weighted by Gasteiger charge is -2.23. The first-order valence-corrected chi connectivity index (χ1v) is 8.84. The van der Waals surface area contributed by atoms with E-state index in [4.69, 9.17) is 14.6 Å². The second kappa shape index (κ2) is 9.23. The van der Waals surface area contributed by atoms with Gasteiger partial charge < -0.3 is 19.9 Å². The molecule has 0 saturated heterocycles. The van der Waals surface area contributed by atoms with E-state index in [1.54, 1.807) is 12.1 Å². The van der Waals surface area contributed by atoms with E-state index < -0.39 is 6.09 Å². The Labute approximate surface area is 164 Å². The molecule has 0 heterocycles. The zero-order chi connectivity index (χ0) is 20.7. The van der Waals surface area contributed by atoms with Crippen LogP contribution >= 0.6 is 0 Å². The standard InChI is InChI=1S/C21H26N2O5/c1-21(2,3)15-10-16(19(27-4)17(11-15)23-20(25)26)22-18(24)13-28-12-14-8-6-5-7-9-14/h5-11,23H,12-13H2,1-4H3,(H,22,24)(H,25,26). The van der Waals surface area contributed by atoms with Gasteiger partial charge in [0.1, 0.15) is 6.61 Å². The summed E-state index contributed by atoms with van der Waals surface area (Å²) in [5, 5.41) is 14.2. The van der Waals surface area contributed by atoms with E-state index in [9.17, 15) is 9.59 Å². The number of amides is 2. The summed E-state index contributed by atoms with van der Waals surface area (Å²) >= 11 is 0. The van der Waals surface area contributed by atoms with Crippen molar-refractivity contribution in [2.75, 3.05) is 24.4 Å². The van der Waals surface area contributed by atoms with Gasteiger partial charge in [-0.1, -0.05) is 51.1 Å². The fraction of sp³-hybridized carbons (Fsp3) is 0.333. The molecular weight excluding hydrogens is 360 g/mol. The number of rotatable bonds is 7. The van der Waals surface area contributed by atoms with Crippen molar-refractivity contribution in [3.05, 3.63) is 53.6 Å². The highest BCUT2D eigenvalue weighted by molar-refractivity contribution is 5.96. The Morgan fingerprint density at radius 1 is 1.04 bits per heavy atom. The molecule has 0 aromatic heterocycles. The Morgan fingerprint density at radius 3 is 2.18 bits per heavy atom. The summed E-state index contributed by atoms with van der Waals surface area (Å²) in [5.74, 6) is -0.117. The largest absolute Gasteiger partial charge is 0.492 e. The van der Waals surface area contributed by atoms with E-state index in [-0.39, 0.29) is 29.4 Å². The number of carbonyl (C=O) groups excluding carboxylic acids is 1. The molecule has 7 heteroatoms. The molecule has 2 amide bonds. The lowest BCUT2D eigenvalue weighted by Crippen LogP contribution is -2.21. The Bertz CT molecular complexity index is 829. The summed E-state index contributed by atoms with van der Waals surface area (Å²) in [5.41, 5.74) is 2.20. The summed E-state index contributed by atoms with van der Waals surface area (Å²) in [6.45, 7) is 6.16. The van der Waals surface area contributed by atoms with Crippen molar-refractivity contribution < 1.29 is 24.2 Å². The highest BCUT2D eigenvalue weighted by Crippen LogP contribution is 2.38. The van der Waals surface area contributed by atoms with Gasteiger partial charge in [-0.2, -0.15) is 0 Å². The third kappa shape index (κ3) is 5.99. The van der Waals surface area contributed by atoms with Crippen LogP contribution in [0.5, 0.6) is 5.75 Å². The van der Waals surface area contributed by atoms with Gasteiger partial charge in [-0.05, 0) is 28.7 Å². The normalized spacial score (nSPS) is 11.0. The molecule has 0 fully saturated rings. The molecule has 28 heavy (non-hydrogen) atoms. The Balaban J connectivity index is 2.17. The highest BCUT2D eigenvalue weighted by Gasteiger charge is 2.21. The summed E-state index contributed by atoms with van der Waals surface area (Å²) in [4.78, 5) is 23.5. The minimum absolute atomic E-state index is 0.139. The minimum Gasteiger partial charge on any atom is -0.492 e. The van der Waals surface area contributed by atoms with Crippen LogP contribution in [-0.2, 0) is 21.6 Å². The molecule has 0 atom stereocenters. The first kappa shape index (κ1) is 21.2. The van der Waals surface area contributed by atoms with Crippen LogP contribution < -0.4 is 15.4 Å². The zero-order valence-corrected chi connectivity index (χ0v) is 16.5. The zero-order valence-electron chi connectivity index (χ0n) is 16.5. The summed E-state index contributed by atoms with van der Waals surface area (Å²) < 4.78 is 10.8. The van der Waals surface area contributed by atoms with Crippen molar-refractivity contribution in [2.45, 2.75) is 32.8 Å². The van der Waals surface area contributed by atoms with E-state index in [0.717, 1.165) is 11.1 Å². The van der Waals surface area contributed by atoms with Gasteiger partial charge in [0, 0.05) is 0 Å². The lowest BCUT2D eigenvalue weighted by molar-refractivity contribution is -0.121. The molecule has 2 aromatic carbocycles. The molecule has 150 valence electrons. The van der Waals surface area contributed by atoms with Gasteiger partial charge in [0.05, 0.1) is 25.1 Å². The van der Waals surface area contributed by atoms with Crippen molar-refractivity contribution in [3.8, 4) is 5.75 Å². The molecule has 7 nitrogen and oxygen atoms in total. The third-order valence-electron chi connectivity index (χ3n) is 4.02. The number of anilines is 2. The molecule has 0 spiro atoms. The monoisotopic (exact) mass is 386 g/mol. The van der Waals surface area contributed by atoms with Crippen LogP contribution in [0, 0.1) is 0 Å². The van der Waals surface area contributed by atoms with Gasteiger partial charge in [-0.15, -0.1) is 0 Å². The van der Waals surface area contributed by atoms with Crippen molar-refractivity contribution >= 4 is 23.4 Å². The highest BCUT2D eigenvalue weighted by atomic mass is 16.5. The molecule has 0 aliphatic rings. The van der Waals surface area contributed by atoms with Crippen molar-refractivity contribution in [1.82, 2.24) is 0 Å². The molecule has 0 saturated carbocycles. The van der Waals surface area contributed by atoms with Crippen LogP contribution in [0.3, 0.4) is 0 Å². The fourth-order valence-electron chi connectivity index (χ4n) is 2.60. The van der Waals surface area contributed by atoms with Crippen molar-refractivity contribution in [2.24, 2.45) is 0 Å². The summed E-state index contributed by atoms with van der Waals surface area (Å²) in [7, 11) is 1.42. The number of carbonyl (C=O) groups is 2. The number of methoxy groups -OCH3 is 1. The SMILES string of the molecule is COc1c(NC(=O)O)cc(C(C)(C)C)cc1NC(=O)COCc1ccccc1. The van der Waals surface area contributed by atoms with Crippen LogP contribution in [-0.4, -0.2) is 30.8 Å². The average molecular weight is 386 g/mol. The smallest absolute Gasteiger partial charge is 0.409 e. The van der Waals surface area contributed by atoms with E-state index in [1.807, 2.05) is 51.1 Å². The van der Waals surface area contributed by atoms with Crippen LogP contribution in [0.25, 0.3) is 0 Å². The quantitative estimate of drug-likeness (QED) is 0.661. The second-order valence-electron chi connectivity index (χ2n) is 7.31. The number of carboxylic acid groups (broad SMARTS) is 1. The van der Waals surface area contributed by atoms with E-state index in [0.29, 0.717) is 12.3 Å². The molecule has 0 unspecified atom stereocenters. The molecule has 0 aliphatic heterocycles. The molecule has 2 rings (SSSR count). The number of nitrogens with one attached hydrogen (secondary N) is 2. The van der Waals surface area contributed by atoms with Gasteiger partial charge in [-0.3, -0.25) is 10.1 Å². The van der Waals surface area contributed by atoms with Gasteiger partial charge in [0.15, 0.2) is 5.75 Å². The maximum Gasteiger partial charge on any atom is 0.409 e. The first-order valence-electron chi connectivity index (χ1n) is 8.84. The first-order chi connectivity index (χ1) is 13.2. The van der Waals surface area contributed by atoms with E-state index in [2.05, 4.69) is 10.6 Å². The maximum absolute atomic E-state index is 12.3.